The van der Waals surface area contributed by atoms with Gasteiger partial charge in [0, 0.05) is 31.9 Å². The van der Waals surface area contributed by atoms with Gasteiger partial charge >= 0.3 is 0 Å². The van der Waals surface area contributed by atoms with E-state index < -0.39 is 0 Å². The average Bonchev–Trinajstić information content (AvgIpc) is 2.43. The molecular weight excluding hydrogens is 382 g/mol. The van der Waals surface area contributed by atoms with Crippen LogP contribution in [0, 0.1) is 0 Å². The van der Waals surface area contributed by atoms with Crippen molar-refractivity contribution < 1.29 is 0 Å². The average molecular weight is 393 g/mol. The Bertz CT molecular complexity index is 787. The lowest BCUT2D eigenvalue weighted by Crippen LogP contribution is -1.94. The van der Waals surface area contributed by atoms with E-state index in [1.54, 1.807) is 6.20 Å². The number of fused-ring (bicyclic) bond motifs is 1. The van der Waals surface area contributed by atoms with Gasteiger partial charge in [0.15, 0.2) is 0 Å². The van der Waals surface area contributed by atoms with E-state index in [-0.39, 0.29) is 0 Å². The molecule has 100 valence electrons. The van der Waals surface area contributed by atoms with Crippen molar-refractivity contribution >= 4 is 59.8 Å². The van der Waals surface area contributed by atoms with Gasteiger partial charge in [0.05, 0.1) is 11.2 Å². The number of aromatic nitrogens is 1. The van der Waals surface area contributed by atoms with E-state index in [4.69, 9.17) is 5.73 Å². The summed E-state index contributed by atoms with van der Waals surface area (Å²) < 4.78 is 2.02. The maximum atomic E-state index is 5.80. The smallest absolute Gasteiger partial charge is 0.0743 e. The first kappa shape index (κ1) is 13.4. The molecule has 20 heavy (non-hydrogen) atoms. The van der Waals surface area contributed by atoms with Crippen molar-refractivity contribution in [3.8, 4) is 0 Å². The van der Waals surface area contributed by atoms with Crippen LogP contribution in [-0.2, 0) is 0 Å². The SMILES string of the molecule is Nc1ccc2c(Nc3cc(Br)ccc3Br)ccnc2c1. The first-order chi connectivity index (χ1) is 9.63. The fourth-order valence-corrected chi connectivity index (χ4v) is 2.72. The molecule has 0 spiro atoms. The van der Waals surface area contributed by atoms with E-state index in [0.29, 0.717) is 5.69 Å². The van der Waals surface area contributed by atoms with Gasteiger partial charge in [0.25, 0.3) is 0 Å². The molecule has 0 radical (unpaired) electrons. The topological polar surface area (TPSA) is 50.9 Å². The second-order valence-electron chi connectivity index (χ2n) is 4.38. The first-order valence-corrected chi connectivity index (χ1v) is 7.58. The zero-order chi connectivity index (χ0) is 14.1. The van der Waals surface area contributed by atoms with E-state index in [1.165, 1.54) is 0 Å². The van der Waals surface area contributed by atoms with Crippen molar-refractivity contribution in [3.05, 3.63) is 57.6 Å². The van der Waals surface area contributed by atoms with Gasteiger partial charge in [-0.1, -0.05) is 15.9 Å². The molecule has 0 atom stereocenters. The standard InChI is InChI=1S/C15H11Br2N3/c16-9-1-4-12(17)15(7-9)20-13-5-6-19-14-8-10(18)2-3-11(13)14/h1-8H,18H2,(H,19,20). The molecule has 0 aliphatic rings. The van der Waals surface area contributed by atoms with Crippen molar-refractivity contribution in [2.24, 2.45) is 0 Å². The number of nitrogen functional groups attached to an aromatic ring is 1. The van der Waals surface area contributed by atoms with Gasteiger partial charge in [-0.3, -0.25) is 4.98 Å². The molecule has 3 rings (SSSR count). The van der Waals surface area contributed by atoms with E-state index in [1.807, 2.05) is 42.5 Å². The predicted octanol–water partition coefficient (Wildman–Crippen LogP) is 5.09. The number of nitrogens with zero attached hydrogens (tertiary/aromatic N) is 1. The van der Waals surface area contributed by atoms with E-state index in [2.05, 4.69) is 42.2 Å². The number of hydrogen-bond donors (Lipinski definition) is 2. The van der Waals surface area contributed by atoms with Crippen LogP contribution in [0.3, 0.4) is 0 Å². The summed E-state index contributed by atoms with van der Waals surface area (Å²) in [6.07, 6.45) is 1.77. The highest BCUT2D eigenvalue weighted by Gasteiger charge is 2.05. The number of benzene rings is 2. The fourth-order valence-electron chi connectivity index (χ4n) is 2.01. The highest BCUT2D eigenvalue weighted by atomic mass is 79.9. The Hall–Kier alpha value is -1.59. The van der Waals surface area contributed by atoms with Crippen LogP contribution >= 0.6 is 31.9 Å². The van der Waals surface area contributed by atoms with Crippen molar-refractivity contribution in [2.45, 2.75) is 0 Å². The van der Waals surface area contributed by atoms with Crippen LogP contribution in [0.5, 0.6) is 0 Å². The zero-order valence-electron chi connectivity index (χ0n) is 10.4. The maximum absolute atomic E-state index is 5.80. The lowest BCUT2D eigenvalue weighted by atomic mass is 10.1. The summed E-state index contributed by atoms with van der Waals surface area (Å²) in [5, 5.41) is 4.45. The summed E-state index contributed by atoms with van der Waals surface area (Å²) in [6.45, 7) is 0. The number of pyridine rings is 1. The van der Waals surface area contributed by atoms with Gasteiger partial charge in [0.2, 0.25) is 0 Å². The Morgan fingerprint density at radius 3 is 2.65 bits per heavy atom. The third kappa shape index (κ3) is 2.64. The summed E-state index contributed by atoms with van der Waals surface area (Å²) in [4.78, 5) is 4.34. The fraction of sp³-hybridized carbons (Fsp3) is 0. The molecular formula is C15H11Br2N3. The van der Waals surface area contributed by atoms with Gasteiger partial charge in [0.1, 0.15) is 0 Å². The van der Waals surface area contributed by atoms with Gasteiger partial charge < -0.3 is 11.1 Å². The van der Waals surface area contributed by atoms with Crippen LogP contribution in [0.4, 0.5) is 17.1 Å². The Labute approximate surface area is 133 Å². The summed E-state index contributed by atoms with van der Waals surface area (Å²) in [5.41, 5.74) is 9.37. The van der Waals surface area contributed by atoms with Crippen molar-refractivity contribution in [1.29, 1.82) is 0 Å². The third-order valence-corrected chi connectivity index (χ3v) is 4.15. The Balaban J connectivity index is 2.09. The summed E-state index contributed by atoms with van der Waals surface area (Å²) in [6, 6.07) is 13.7. The van der Waals surface area contributed by atoms with Gasteiger partial charge in [-0.15, -0.1) is 0 Å². The number of nitrogens with one attached hydrogen (secondary N) is 1. The highest BCUT2D eigenvalue weighted by molar-refractivity contribution is 9.11. The molecule has 3 aromatic rings. The monoisotopic (exact) mass is 391 g/mol. The Morgan fingerprint density at radius 1 is 0.950 bits per heavy atom. The van der Waals surface area contributed by atoms with Crippen LogP contribution in [0.25, 0.3) is 10.9 Å². The van der Waals surface area contributed by atoms with E-state index in [9.17, 15) is 0 Å². The minimum atomic E-state index is 0.714. The van der Waals surface area contributed by atoms with Crippen LogP contribution in [-0.4, -0.2) is 4.98 Å². The van der Waals surface area contributed by atoms with Crippen LogP contribution in [0.2, 0.25) is 0 Å². The number of anilines is 3. The molecule has 1 aromatic heterocycles. The summed E-state index contributed by atoms with van der Waals surface area (Å²) >= 11 is 7.02. The normalized spacial score (nSPS) is 10.7. The second-order valence-corrected chi connectivity index (χ2v) is 6.15. The molecule has 0 aliphatic heterocycles. The van der Waals surface area contributed by atoms with Gasteiger partial charge in [-0.05, 0) is 58.4 Å². The Kier molecular flexibility index (Phi) is 3.63. The zero-order valence-corrected chi connectivity index (χ0v) is 13.6. The van der Waals surface area contributed by atoms with Crippen molar-refractivity contribution in [2.75, 3.05) is 11.1 Å². The summed E-state index contributed by atoms with van der Waals surface area (Å²) in [5.74, 6) is 0. The van der Waals surface area contributed by atoms with Crippen molar-refractivity contribution in [1.82, 2.24) is 4.98 Å². The molecule has 0 aliphatic carbocycles. The summed E-state index contributed by atoms with van der Waals surface area (Å²) in [7, 11) is 0. The molecule has 0 amide bonds. The van der Waals surface area contributed by atoms with Gasteiger partial charge in [-0.2, -0.15) is 0 Å². The van der Waals surface area contributed by atoms with Crippen LogP contribution in [0.1, 0.15) is 0 Å². The number of halogens is 2. The lowest BCUT2D eigenvalue weighted by molar-refractivity contribution is 1.40. The Morgan fingerprint density at radius 2 is 1.80 bits per heavy atom. The minimum Gasteiger partial charge on any atom is -0.399 e. The molecule has 0 bridgehead atoms. The highest BCUT2D eigenvalue weighted by Crippen LogP contribution is 2.32. The molecule has 3 N–H and O–H groups in total. The molecule has 2 aromatic carbocycles. The van der Waals surface area contributed by atoms with Crippen LogP contribution in [0.15, 0.2) is 57.6 Å². The quantitative estimate of drug-likeness (QED) is 0.597. The number of nitrogens with two attached hydrogens (primary N) is 1. The van der Waals surface area contributed by atoms with Crippen molar-refractivity contribution in [3.63, 3.8) is 0 Å². The van der Waals surface area contributed by atoms with Crippen LogP contribution < -0.4 is 11.1 Å². The first-order valence-electron chi connectivity index (χ1n) is 6.00. The third-order valence-electron chi connectivity index (χ3n) is 2.96. The van der Waals surface area contributed by atoms with E-state index >= 15 is 0 Å². The molecule has 1 heterocycles. The van der Waals surface area contributed by atoms with E-state index in [0.717, 1.165) is 31.2 Å². The second kappa shape index (κ2) is 5.42. The minimum absolute atomic E-state index is 0.714. The molecule has 0 saturated carbocycles. The molecule has 3 nitrogen and oxygen atoms in total. The molecule has 0 fully saturated rings. The molecule has 5 heteroatoms. The number of rotatable bonds is 2. The maximum Gasteiger partial charge on any atom is 0.0743 e. The predicted molar refractivity (Wildman–Crippen MR) is 91.3 cm³/mol. The number of hydrogen-bond acceptors (Lipinski definition) is 3. The lowest BCUT2D eigenvalue weighted by Gasteiger charge is -2.11. The molecule has 0 unspecified atom stereocenters. The van der Waals surface area contributed by atoms with Gasteiger partial charge in [-0.25, -0.2) is 0 Å². The largest absolute Gasteiger partial charge is 0.399 e. The molecule has 0 saturated heterocycles.